The molecule has 1 aromatic heterocycles. The number of carbonyl (C=O) groups excluding carboxylic acids is 2. The number of nitrogens with one attached hydrogen (secondary N) is 1. The van der Waals surface area contributed by atoms with E-state index in [1.54, 1.807) is 12.1 Å². The van der Waals surface area contributed by atoms with Crippen LogP contribution in [0.1, 0.15) is 15.9 Å². The van der Waals surface area contributed by atoms with Gasteiger partial charge < -0.3 is 25.7 Å². The lowest BCUT2D eigenvalue weighted by atomic mass is 10.1. The van der Waals surface area contributed by atoms with Crippen LogP contribution in [0, 0.1) is 0 Å². The summed E-state index contributed by atoms with van der Waals surface area (Å²) in [6, 6.07) is 6.99. The van der Waals surface area contributed by atoms with Gasteiger partial charge in [-0.25, -0.2) is 4.79 Å². The second-order valence-electron chi connectivity index (χ2n) is 5.32. The Morgan fingerprint density at radius 2 is 1.83 bits per heavy atom. The first-order valence-electron chi connectivity index (χ1n) is 6.94. The van der Waals surface area contributed by atoms with Gasteiger partial charge in [-0.15, -0.1) is 4.73 Å². The Morgan fingerprint density at radius 1 is 1.21 bits per heavy atom. The highest BCUT2D eigenvalue weighted by molar-refractivity contribution is 5.96. The van der Waals surface area contributed by atoms with Crippen molar-refractivity contribution in [1.82, 2.24) is 9.63 Å². The second-order valence-corrected chi connectivity index (χ2v) is 5.32. The number of anilines is 1. The van der Waals surface area contributed by atoms with Crippen LogP contribution in [-0.4, -0.2) is 45.9 Å². The molecule has 0 fully saturated rings. The van der Waals surface area contributed by atoms with Crippen LogP contribution in [-0.2, 0) is 6.54 Å². The molecule has 9 heteroatoms. The van der Waals surface area contributed by atoms with Crippen molar-refractivity contribution in [3.63, 3.8) is 0 Å². The lowest BCUT2D eigenvalue weighted by molar-refractivity contribution is 0.0998. The SMILES string of the molecule is CN(C)Cc1ccc(NC(=O)On2c(O)ccc2O)cc1C(N)=O. The average Bonchev–Trinajstić information content (AvgIpc) is 2.80. The molecule has 1 aromatic carbocycles. The van der Waals surface area contributed by atoms with Gasteiger partial charge in [0.05, 0.1) is 0 Å². The van der Waals surface area contributed by atoms with E-state index in [0.29, 0.717) is 16.8 Å². The fourth-order valence-corrected chi connectivity index (χ4v) is 2.08. The number of nitrogens with two attached hydrogens (primary N) is 1. The van der Waals surface area contributed by atoms with Crippen LogP contribution in [0.2, 0.25) is 0 Å². The molecule has 9 nitrogen and oxygen atoms in total. The Hall–Kier alpha value is -3.20. The molecule has 2 rings (SSSR count). The third kappa shape index (κ3) is 3.96. The van der Waals surface area contributed by atoms with E-state index in [-0.39, 0.29) is 11.3 Å². The molecular weight excluding hydrogens is 316 g/mol. The lowest BCUT2D eigenvalue weighted by Crippen LogP contribution is -2.25. The summed E-state index contributed by atoms with van der Waals surface area (Å²) in [5.41, 5.74) is 6.63. The van der Waals surface area contributed by atoms with Crippen LogP contribution < -0.4 is 15.9 Å². The van der Waals surface area contributed by atoms with Gasteiger partial charge in [-0.1, -0.05) is 6.07 Å². The molecule has 0 aliphatic carbocycles. The fraction of sp³-hybridized carbons (Fsp3) is 0.200. The average molecular weight is 334 g/mol. The number of carbonyl (C=O) groups is 2. The zero-order valence-electron chi connectivity index (χ0n) is 13.2. The van der Waals surface area contributed by atoms with E-state index in [1.165, 1.54) is 6.07 Å². The summed E-state index contributed by atoms with van der Waals surface area (Å²) in [4.78, 5) is 30.0. The molecule has 0 aliphatic rings. The van der Waals surface area contributed by atoms with Gasteiger partial charge in [-0.2, -0.15) is 0 Å². The highest BCUT2D eigenvalue weighted by atomic mass is 16.7. The van der Waals surface area contributed by atoms with E-state index >= 15 is 0 Å². The summed E-state index contributed by atoms with van der Waals surface area (Å²) in [6.07, 6.45) is -0.965. The quantitative estimate of drug-likeness (QED) is 0.637. The van der Waals surface area contributed by atoms with Crippen molar-refractivity contribution >= 4 is 17.7 Å². The zero-order chi connectivity index (χ0) is 17.9. The Balaban J connectivity index is 2.16. The molecule has 0 bridgehead atoms. The minimum Gasteiger partial charge on any atom is -0.492 e. The van der Waals surface area contributed by atoms with E-state index in [2.05, 4.69) is 5.32 Å². The number of hydrogen-bond donors (Lipinski definition) is 4. The van der Waals surface area contributed by atoms with E-state index in [9.17, 15) is 19.8 Å². The Kier molecular flexibility index (Phi) is 4.95. The summed E-state index contributed by atoms with van der Waals surface area (Å²) in [5, 5.41) is 21.2. The number of primary amides is 1. The maximum atomic E-state index is 11.8. The second kappa shape index (κ2) is 6.92. The number of rotatable bonds is 5. The van der Waals surface area contributed by atoms with Crippen LogP contribution in [0.4, 0.5) is 10.5 Å². The number of amides is 2. The van der Waals surface area contributed by atoms with Crippen molar-refractivity contribution < 1.29 is 24.6 Å². The number of nitrogens with zero attached hydrogens (tertiary/aromatic N) is 2. The molecule has 5 N–H and O–H groups in total. The number of aromatic nitrogens is 1. The van der Waals surface area contributed by atoms with Crippen LogP contribution in [0.3, 0.4) is 0 Å². The van der Waals surface area contributed by atoms with Gasteiger partial charge in [0.2, 0.25) is 17.7 Å². The first-order chi connectivity index (χ1) is 11.3. The number of aromatic hydroxyl groups is 2. The minimum atomic E-state index is -0.965. The van der Waals surface area contributed by atoms with E-state index in [1.807, 2.05) is 19.0 Å². The lowest BCUT2D eigenvalue weighted by Gasteiger charge is -2.14. The smallest absolute Gasteiger partial charge is 0.436 e. The standard InChI is InChI=1S/C15H18N4O5/c1-18(2)8-9-3-4-10(7-11(9)14(16)22)17-15(23)24-19-12(20)5-6-13(19)21/h3-7,20-21H,8H2,1-2H3,(H2,16,22)(H,17,23). The summed E-state index contributed by atoms with van der Waals surface area (Å²) < 4.78 is 0.546. The molecule has 0 atom stereocenters. The third-order valence-corrected chi connectivity index (χ3v) is 3.08. The fourth-order valence-electron chi connectivity index (χ4n) is 2.08. The predicted molar refractivity (Wildman–Crippen MR) is 85.7 cm³/mol. The molecule has 1 heterocycles. The van der Waals surface area contributed by atoms with Crippen LogP contribution in [0.25, 0.3) is 0 Å². The van der Waals surface area contributed by atoms with Gasteiger partial charge in [0, 0.05) is 29.9 Å². The summed E-state index contributed by atoms with van der Waals surface area (Å²) >= 11 is 0. The minimum absolute atomic E-state index is 0.271. The van der Waals surface area contributed by atoms with Crippen molar-refractivity contribution in [2.24, 2.45) is 5.73 Å². The van der Waals surface area contributed by atoms with Crippen molar-refractivity contribution in [2.45, 2.75) is 6.54 Å². The predicted octanol–water partition coefficient (Wildman–Crippen LogP) is 0.720. The van der Waals surface area contributed by atoms with Gasteiger partial charge >= 0.3 is 6.09 Å². The summed E-state index contributed by atoms with van der Waals surface area (Å²) in [5.74, 6) is -1.51. The van der Waals surface area contributed by atoms with Crippen LogP contribution in [0.15, 0.2) is 30.3 Å². The highest BCUT2D eigenvalue weighted by Crippen LogP contribution is 2.20. The van der Waals surface area contributed by atoms with Gasteiger partial charge in [0.15, 0.2) is 0 Å². The van der Waals surface area contributed by atoms with Gasteiger partial charge in [-0.05, 0) is 31.8 Å². The van der Waals surface area contributed by atoms with E-state index in [4.69, 9.17) is 10.6 Å². The normalized spacial score (nSPS) is 10.6. The Labute approximate surface area is 137 Å². The van der Waals surface area contributed by atoms with Crippen molar-refractivity contribution in [3.05, 3.63) is 41.5 Å². The summed E-state index contributed by atoms with van der Waals surface area (Å²) in [6.45, 7) is 0.508. The topological polar surface area (TPSA) is 130 Å². The molecule has 0 radical (unpaired) electrons. The van der Waals surface area contributed by atoms with E-state index < -0.39 is 23.8 Å². The molecule has 24 heavy (non-hydrogen) atoms. The third-order valence-electron chi connectivity index (χ3n) is 3.08. The van der Waals surface area contributed by atoms with Crippen molar-refractivity contribution in [2.75, 3.05) is 19.4 Å². The van der Waals surface area contributed by atoms with E-state index in [0.717, 1.165) is 12.1 Å². The maximum Gasteiger partial charge on any atom is 0.436 e. The Bertz CT molecular complexity index is 750. The molecule has 128 valence electrons. The molecule has 0 saturated carbocycles. The first-order valence-corrected chi connectivity index (χ1v) is 6.94. The van der Waals surface area contributed by atoms with Crippen molar-refractivity contribution in [3.8, 4) is 11.8 Å². The number of benzene rings is 1. The molecule has 2 amide bonds. The largest absolute Gasteiger partial charge is 0.492 e. The zero-order valence-corrected chi connectivity index (χ0v) is 13.2. The summed E-state index contributed by atoms with van der Waals surface area (Å²) in [7, 11) is 3.70. The first kappa shape index (κ1) is 17.2. The van der Waals surface area contributed by atoms with Crippen molar-refractivity contribution in [1.29, 1.82) is 0 Å². The van der Waals surface area contributed by atoms with Gasteiger partial charge in [0.1, 0.15) is 0 Å². The molecule has 0 aliphatic heterocycles. The Morgan fingerprint density at radius 3 is 2.38 bits per heavy atom. The highest BCUT2D eigenvalue weighted by Gasteiger charge is 2.14. The van der Waals surface area contributed by atoms with Crippen LogP contribution >= 0.6 is 0 Å². The molecule has 2 aromatic rings. The molecule has 0 saturated heterocycles. The van der Waals surface area contributed by atoms with Gasteiger partial charge in [-0.3, -0.25) is 10.1 Å². The maximum absolute atomic E-state index is 11.8. The monoisotopic (exact) mass is 334 g/mol. The molecule has 0 unspecified atom stereocenters. The molecular formula is C15H18N4O5. The van der Waals surface area contributed by atoms with Crippen LogP contribution in [0.5, 0.6) is 11.8 Å². The van der Waals surface area contributed by atoms with Gasteiger partial charge in [0.25, 0.3) is 0 Å². The molecule has 0 spiro atoms. The number of hydrogen-bond acceptors (Lipinski definition) is 6.